The van der Waals surface area contributed by atoms with E-state index >= 15 is 0 Å². The van der Waals surface area contributed by atoms with Crippen molar-refractivity contribution < 1.29 is 22.7 Å². The van der Waals surface area contributed by atoms with E-state index in [9.17, 15) is 18.0 Å². The average Bonchev–Trinajstić information content (AvgIpc) is 3.33. The molecule has 8 nitrogen and oxygen atoms in total. The molecule has 0 aromatic heterocycles. The Labute approximate surface area is 218 Å². The SMILES string of the molecule is COc1ccc(N(CC(=O)N(Cc2ccccc2C)C(C)C(=O)NC2CCCC2)S(C)(=O)=O)cc1Cl. The summed E-state index contributed by atoms with van der Waals surface area (Å²) in [5.74, 6) is -0.356. The second-order valence-corrected chi connectivity index (χ2v) is 11.5. The molecule has 1 N–H and O–H groups in total. The van der Waals surface area contributed by atoms with Crippen LogP contribution in [-0.2, 0) is 26.2 Å². The van der Waals surface area contributed by atoms with Crippen molar-refractivity contribution in [2.75, 3.05) is 24.2 Å². The van der Waals surface area contributed by atoms with Crippen molar-refractivity contribution in [3.05, 3.63) is 58.6 Å². The van der Waals surface area contributed by atoms with E-state index in [-0.39, 0.29) is 29.2 Å². The minimum absolute atomic E-state index is 0.101. The Bertz CT molecular complexity index is 1200. The lowest BCUT2D eigenvalue weighted by molar-refractivity contribution is -0.139. The molecule has 1 aliphatic carbocycles. The van der Waals surface area contributed by atoms with Crippen LogP contribution in [0.1, 0.15) is 43.7 Å². The summed E-state index contributed by atoms with van der Waals surface area (Å²) in [7, 11) is -2.38. The number of methoxy groups -OCH3 is 1. The van der Waals surface area contributed by atoms with E-state index in [4.69, 9.17) is 16.3 Å². The fraction of sp³-hybridized carbons (Fsp3) is 0.462. The van der Waals surface area contributed by atoms with Crippen LogP contribution < -0.4 is 14.4 Å². The molecule has 0 radical (unpaired) electrons. The molecule has 196 valence electrons. The van der Waals surface area contributed by atoms with Crippen LogP contribution in [0.4, 0.5) is 5.69 Å². The van der Waals surface area contributed by atoms with Crippen molar-refractivity contribution >= 4 is 39.1 Å². The fourth-order valence-corrected chi connectivity index (χ4v) is 5.46. The molecule has 0 heterocycles. The molecule has 1 atom stereocenters. The lowest BCUT2D eigenvalue weighted by atomic mass is 10.1. The van der Waals surface area contributed by atoms with E-state index in [0.717, 1.165) is 47.4 Å². The van der Waals surface area contributed by atoms with Crippen molar-refractivity contribution in [1.29, 1.82) is 0 Å². The molecule has 1 saturated carbocycles. The molecule has 36 heavy (non-hydrogen) atoms. The van der Waals surface area contributed by atoms with Crippen LogP contribution in [0, 0.1) is 6.92 Å². The van der Waals surface area contributed by atoms with Crippen LogP contribution in [0.5, 0.6) is 5.75 Å². The second-order valence-electron chi connectivity index (χ2n) is 9.20. The first kappa shape index (κ1) is 27.8. The molecule has 1 unspecified atom stereocenters. The largest absolute Gasteiger partial charge is 0.495 e. The van der Waals surface area contributed by atoms with Gasteiger partial charge in [0.15, 0.2) is 0 Å². The number of rotatable bonds is 10. The Hall–Kier alpha value is -2.78. The maximum Gasteiger partial charge on any atom is 0.244 e. The number of amides is 2. The van der Waals surface area contributed by atoms with E-state index in [1.165, 1.54) is 24.1 Å². The van der Waals surface area contributed by atoms with Gasteiger partial charge in [-0.25, -0.2) is 8.42 Å². The molecule has 1 aliphatic rings. The number of aryl methyl sites for hydroxylation is 1. The zero-order valence-electron chi connectivity index (χ0n) is 21.2. The summed E-state index contributed by atoms with van der Waals surface area (Å²) in [5, 5.41) is 3.27. The van der Waals surface area contributed by atoms with Gasteiger partial charge in [-0.3, -0.25) is 13.9 Å². The molecule has 0 saturated heterocycles. The van der Waals surface area contributed by atoms with Crippen molar-refractivity contribution in [2.45, 2.75) is 58.2 Å². The van der Waals surface area contributed by atoms with Crippen LogP contribution in [0.3, 0.4) is 0 Å². The topological polar surface area (TPSA) is 96.0 Å². The highest BCUT2D eigenvalue weighted by atomic mass is 35.5. The van der Waals surface area contributed by atoms with Gasteiger partial charge in [-0.15, -0.1) is 0 Å². The number of hydrogen-bond acceptors (Lipinski definition) is 5. The predicted molar refractivity (Wildman–Crippen MR) is 142 cm³/mol. The number of anilines is 1. The van der Waals surface area contributed by atoms with Crippen molar-refractivity contribution in [3.63, 3.8) is 0 Å². The summed E-state index contributed by atoms with van der Waals surface area (Å²) in [4.78, 5) is 28.2. The lowest BCUT2D eigenvalue weighted by Crippen LogP contribution is -2.52. The van der Waals surface area contributed by atoms with Crippen LogP contribution in [0.15, 0.2) is 42.5 Å². The summed E-state index contributed by atoms with van der Waals surface area (Å²) in [6.07, 6.45) is 5.01. The van der Waals surface area contributed by atoms with E-state index in [1.54, 1.807) is 13.0 Å². The van der Waals surface area contributed by atoms with Crippen molar-refractivity contribution in [1.82, 2.24) is 10.2 Å². The Morgan fingerprint density at radius 2 is 1.83 bits per heavy atom. The molecule has 2 amide bonds. The molecule has 10 heteroatoms. The lowest BCUT2D eigenvalue weighted by Gasteiger charge is -2.32. The first-order valence-corrected chi connectivity index (χ1v) is 14.2. The van der Waals surface area contributed by atoms with E-state index < -0.39 is 28.5 Å². The zero-order chi connectivity index (χ0) is 26.5. The van der Waals surface area contributed by atoms with Gasteiger partial charge in [-0.1, -0.05) is 48.7 Å². The van der Waals surface area contributed by atoms with Crippen molar-refractivity contribution in [2.24, 2.45) is 0 Å². The number of carbonyl (C=O) groups excluding carboxylic acids is 2. The maximum absolute atomic E-state index is 13.7. The third-order valence-electron chi connectivity index (χ3n) is 6.57. The molecule has 0 bridgehead atoms. The Morgan fingerprint density at radius 3 is 2.42 bits per heavy atom. The van der Waals surface area contributed by atoms with Gasteiger partial charge in [0, 0.05) is 12.6 Å². The molecule has 1 fully saturated rings. The van der Waals surface area contributed by atoms with E-state index in [2.05, 4.69) is 5.32 Å². The Morgan fingerprint density at radius 1 is 1.17 bits per heavy atom. The van der Waals surface area contributed by atoms with Gasteiger partial charge in [-0.05, 0) is 56.0 Å². The zero-order valence-corrected chi connectivity index (χ0v) is 22.7. The molecule has 0 aliphatic heterocycles. The van der Waals surface area contributed by atoms with Gasteiger partial charge >= 0.3 is 0 Å². The summed E-state index contributed by atoms with van der Waals surface area (Å²) < 4.78 is 31.6. The summed E-state index contributed by atoms with van der Waals surface area (Å²) in [6, 6.07) is 11.4. The number of nitrogens with one attached hydrogen (secondary N) is 1. The highest BCUT2D eigenvalue weighted by Crippen LogP contribution is 2.30. The number of hydrogen-bond donors (Lipinski definition) is 1. The van der Waals surface area contributed by atoms with Crippen molar-refractivity contribution in [3.8, 4) is 5.75 Å². The first-order valence-electron chi connectivity index (χ1n) is 12.0. The van der Waals surface area contributed by atoms with E-state index in [1.807, 2.05) is 31.2 Å². The fourth-order valence-electron chi connectivity index (χ4n) is 4.37. The highest BCUT2D eigenvalue weighted by molar-refractivity contribution is 7.92. The molecular weight excluding hydrogens is 502 g/mol. The summed E-state index contributed by atoms with van der Waals surface area (Å²) in [6.45, 7) is 3.30. The third kappa shape index (κ3) is 6.91. The Balaban J connectivity index is 1.91. The molecular formula is C26H34ClN3O5S. The average molecular weight is 536 g/mol. The first-order chi connectivity index (χ1) is 17.0. The standard InChI is InChI=1S/C26H34ClN3O5S/c1-18-9-5-6-10-20(18)16-29(19(2)26(32)28-21-11-7-8-12-21)25(31)17-30(36(4,33)34)22-13-14-24(35-3)23(27)15-22/h5-6,9-10,13-15,19,21H,7-8,11-12,16-17H2,1-4H3,(H,28,32). The van der Waals surface area contributed by atoms with Crippen LogP contribution in [0.25, 0.3) is 0 Å². The number of sulfonamides is 1. The smallest absolute Gasteiger partial charge is 0.244 e. The molecule has 2 aromatic carbocycles. The maximum atomic E-state index is 13.7. The third-order valence-corrected chi connectivity index (χ3v) is 8.01. The minimum Gasteiger partial charge on any atom is -0.495 e. The number of ether oxygens (including phenoxy) is 1. The number of benzene rings is 2. The van der Waals surface area contributed by atoms with Gasteiger partial charge in [-0.2, -0.15) is 0 Å². The monoisotopic (exact) mass is 535 g/mol. The van der Waals surface area contributed by atoms with Crippen LogP contribution in [-0.4, -0.2) is 57.1 Å². The van der Waals surface area contributed by atoms with Gasteiger partial charge in [0.2, 0.25) is 21.8 Å². The Kier molecular flexibility index (Phi) is 9.24. The number of nitrogens with zero attached hydrogens (tertiary/aromatic N) is 2. The van der Waals surface area contributed by atoms with Gasteiger partial charge < -0.3 is 15.0 Å². The quantitative estimate of drug-likeness (QED) is 0.498. The predicted octanol–water partition coefficient (Wildman–Crippen LogP) is 3.90. The number of carbonyl (C=O) groups is 2. The van der Waals surface area contributed by atoms with Gasteiger partial charge in [0.25, 0.3) is 0 Å². The van der Waals surface area contributed by atoms with Crippen LogP contribution >= 0.6 is 11.6 Å². The molecule has 3 rings (SSSR count). The highest BCUT2D eigenvalue weighted by Gasteiger charge is 2.31. The van der Waals surface area contributed by atoms with Crippen LogP contribution in [0.2, 0.25) is 5.02 Å². The van der Waals surface area contributed by atoms with E-state index in [0.29, 0.717) is 5.75 Å². The van der Waals surface area contributed by atoms with Gasteiger partial charge in [0.05, 0.1) is 24.1 Å². The second kappa shape index (κ2) is 12.0. The normalized spacial score (nSPS) is 14.8. The number of halogens is 1. The minimum atomic E-state index is -3.84. The molecule has 0 spiro atoms. The summed E-state index contributed by atoms with van der Waals surface area (Å²) in [5.41, 5.74) is 2.08. The summed E-state index contributed by atoms with van der Waals surface area (Å²) >= 11 is 6.23. The molecule has 2 aromatic rings. The van der Waals surface area contributed by atoms with Gasteiger partial charge in [0.1, 0.15) is 18.3 Å².